The molecule has 1 aromatic carbocycles. The molecule has 0 fully saturated rings. The molecule has 0 atom stereocenters. The number of ether oxygens (including phenoxy) is 2. The third-order valence-electron chi connectivity index (χ3n) is 5.43. The fourth-order valence-corrected chi connectivity index (χ4v) is 3.57. The van der Waals surface area contributed by atoms with Crippen molar-refractivity contribution >= 4 is 5.78 Å². The van der Waals surface area contributed by atoms with Crippen LogP contribution in [0.4, 0.5) is 0 Å². The number of hydrogen-bond donors (Lipinski definition) is 1. The first-order chi connectivity index (χ1) is 14.2. The topological polar surface area (TPSA) is 61.5 Å². The smallest absolute Gasteiger partial charge is 0.180 e. The molecule has 0 saturated carbocycles. The van der Waals surface area contributed by atoms with Crippen molar-refractivity contribution in [3.05, 3.63) is 23.8 Å². The van der Waals surface area contributed by atoms with Crippen LogP contribution >= 0.6 is 0 Å². The molecule has 0 aliphatic heterocycles. The summed E-state index contributed by atoms with van der Waals surface area (Å²) >= 11 is 0. The van der Waals surface area contributed by atoms with Crippen molar-refractivity contribution in [1.29, 1.82) is 0 Å². The van der Waals surface area contributed by atoms with Crippen molar-refractivity contribution < 1.29 is 14.3 Å². The molecule has 166 valence electrons. The van der Waals surface area contributed by atoms with Gasteiger partial charge in [-0.25, -0.2) is 0 Å². The van der Waals surface area contributed by atoms with E-state index in [9.17, 15) is 4.79 Å². The minimum Gasteiger partial charge on any atom is -0.497 e. The van der Waals surface area contributed by atoms with E-state index in [1.54, 1.807) is 25.3 Å². The van der Waals surface area contributed by atoms with Crippen LogP contribution in [0.3, 0.4) is 0 Å². The molecular formula is C25H43NO3. The number of carbonyl (C=O) groups excluding carboxylic acids is 1. The summed E-state index contributed by atoms with van der Waals surface area (Å²) in [7, 11) is 1.61. The first-order valence-electron chi connectivity index (χ1n) is 11.8. The van der Waals surface area contributed by atoms with Crippen molar-refractivity contribution in [2.75, 3.05) is 20.3 Å². The molecule has 4 heteroatoms. The monoisotopic (exact) mass is 405 g/mol. The summed E-state index contributed by atoms with van der Waals surface area (Å²) < 4.78 is 11.1. The number of hydrogen-bond acceptors (Lipinski definition) is 4. The lowest BCUT2D eigenvalue weighted by atomic mass is 10.0. The number of Topliss-reactive ketones (excluding diaryl/α,β-unsaturated/α-hetero) is 1. The summed E-state index contributed by atoms with van der Waals surface area (Å²) in [6, 6.07) is 5.27. The predicted molar refractivity (Wildman–Crippen MR) is 122 cm³/mol. The van der Waals surface area contributed by atoms with E-state index in [1.165, 1.54) is 83.5 Å². The molecule has 0 bridgehead atoms. The van der Waals surface area contributed by atoms with Crippen LogP contribution in [0.2, 0.25) is 0 Å². The average Bonchev–Trinajstić information content (AvgIpc) is 2.75. The van der Waals surface area contributed by atoms with E-state index in [2.05, 4.69) is 6.92 Å². The van der Waals surface area contributed by atoms with Crippen LogP contribution in [-0.2, 0) is 0 Å². The highest BCUT2D eigenvalue weighted by molar-refractivity contribution is 6.00. The largest absolute Gasteiger partial charge is 0.497 e. The fraction of sp³-hybridized carbons (Fsp3) is 0.720. The maximum atomic E-state index is 11.9. The minimum atomic E-state index is -0.108. The number of rotatable bonds is 19. The standard InChI is InChI=1S/C25H43NO3/c1-3-4-5-6-7-8-9-10-11-12-13-14-15-16-19-29-25-20-22(28-2)17-18-23(25)24(27)21-26/h17-18,20H,3-16,19,21,26H2,1-2H3. The van der Waals surface area contributed by atoms with E-state index in [-0.39, 0.29) is 12.3 Å². The van der Waals surface area contributed by atoms with Gasteiger partial charge < -0.3 is 15.2 Å². The van der Waals surface area contributed by atoms with Gasteiger partial charge in [-0.1, -0.05) is 90.4 Å². The van der Waals surface area contributed by atoms with Crippen molar-refractivity contribution in [2.45, 2.75) is 96.8 Å². The lowest BCUT2D eigenvalue weighted by molar-refractivity contribution is 0.0997. The van der Waals surface area contributed by atoms with Crippen LogP contribution < -0.4 is 15.2 Å². The Kier molecular flexibility index (Phi) is 15.2. The van der Waals surface area contributed by atoms with Gasteiger partial charge in [0, 0.05) is 6.07 Å². The molecule has 2 N–H and O–H groups in total. The second-order valence-electron chi connectivity index (χ2n) is 7.93. The third-order valence-corrected chi connectivity index (χ3v) is 5.43. The number of methoxy groups -OCH3 is 1. The zero-order chi connectivity index (χ0) is 21.2. The van der Waals surface area contributed by atoms with Gasteiger partial charge in [-0.15, -0.1) is 0 Å². The first-order valence-corrected chi connectivity index (χ1v) is 11.8. The maximum Gasteiger partial charge on any atom is 0.180 e. The molecule has 0 saturated heterocycles. The van der Waals surface area contributed by atoms with Gasteiger partial charge in [0.25, 0.3) is 0 Å². The molecule has 0 amide bonds. The molecular weight excluding hydrogens is 362 g/mol. The van der Waals surface area contributed by atoms with Crippen molar-refractivity contribution in [3.8, 4) is 11.5 Å². The number of carbonyl (C=O) groups is 1. The van der Waals surface area contributed by atoms with E-state index in [0.29, 0.717) is 23.7 Å². The van der Waals surface area contributed by atoms with Gasteiger partial charge in [0.05, 0.1) is 25.8 Å². The quantitative estimate of drug-likeness (QED) is 0.205. The van der Waals surface area contributed by atoms with Gasteiger partial charge in [0.2, 0.25) is 0 Å². The predicted octanol–water partition coefficient (Wildman–Crippen LogP) is 6.70. The van der Waals surface area contributed by atoms with E-state index in [1.807, 2.05) is 0 Å². The molecule has 0 heterocycles. The van der Waals surface area contributed by atoms with Gasteiger partial charge in [-0.3, -0.25) is 4.79 Å². The van der Waals surface area contributed by atoms with Crippen molar-refractivity contribution in [2.24, 2.45) is 5.73 Å². The minimum absolute atomic E-state index is 0.0124. The van der Waals surface area contributed by atoms with Crippen LogP contribution in [-0.4, -0.2) is 26.0 Å². The van der Waals surface area contributed by atoms with Gasteiger partial charge in [-0.05, 0) is 18.6 Å². The summed E-state index contributed by atoms with van der Waals surface area (Å²) in [5.74, 6) is 1.16. The summed E-state index contributed by atoms with van der Waals surface area (Å²) in [5.41, 5.74) is 6.03. The fourth-order valence-electron chi connectivity index (χ4n) is 3.57. The number of benzene rings is 1. The Morgan fingerprint density at radius 2 is 1.34 bits per heavy atom. The molecule has 0 aliphatic rings. The second kappa shape index (κ2) is 17.3. The van der Waals surface area contributed by atoms with Crippen LogP contribution in [0.15, 0.2) is 18.2 Å². The Labute approximate surface area is 178 Å². The summed E-state index contributed by atoms with van der Waals surface area (Å²) in [5, 5.41) is 0. The van der Waals surface area contributed by atoms with Crippen molar-refractivity contribution in [3.63, 3.8) is 0 Å². The van der Waals surface area contributed by atoms with Gasteiger partial charge in [-0.2, -0.15) is 0 Å². The molecule has 29 heavy (non-hydrogen) atoms. The molecule has 1 rings (SSSR count). The highest BCUT2D eigenvalue weighted by atomic mass is 16.5. The number of nitrogens with two attached hydrogens (primary N) is 1. The normalized spacial score (nSPS) is 10.9. The first kappa shape index (κ1) is 25.5. The SMILES string of the molecule is CCCCCCCCCCCCCCCCOc1cc(OC)ccc1C(=O)CN. The third kappa shape index (κ3) is 11.9. The summed E-state index contributed by atoms with van der Waals surface area (Å²) in [6.07, 6.45) is 18.7. The van der Waals surface area contributed by atoms with Gasteiger partial charge >= 0.3 is 0 Å². The Morgan fingerprint density at radius 3 is 1.83 bits per heavy atom. The molecule has 1 aromatic rings. The Balaban J connectivity index is 2.04. The molecule has 0 radical (unpaired) electrons. The summed E-state index contributed by atoms with van der Waals surface area (Å²) in [4.78, 5) is 11.9. The second-order valence-corrected chi connectivity index (χ2v) is 7.93. The Hall–Kier alpha value is -1.55. The van der Waals surface area contributed by atoms with E-state index in [0.717, 1.165) is 6.42 Å². The van der Waals surface area contributed by atoms with Gasteiger partial charge in [0.15, 0.2) is 5.78 Å². The Bertz CT molecular complexity index is 545. The van der Waals surface area contributed by atoms with Crippen LogP contribution in [0, 0.1) is 0 Å². The number of unbranched alkanes of at least 4 members (excludes halogenated alkanes) is 13. The maximum absolute atomic E-state index is 11.9. The zero-order valence-electron chi connectivity index (χ0n) is 18.8. The zero-order valence-corrected chi connectivity index (χ0v) is 18.8. The van der Waals surface area contributed by atoms with Crippen LogP contribution in [0.25, 0.3) is 0 Å². The highest BCUT2D eigenvalue weighted by Crippen LogP contribution is 2.25. The molecule has 0 aromatic heterocycles. The van der Waals surface area contributed by atoms with E-state index in [4.69, 9.17) is 15.2 Å². The van der Waals surface area contributed by atoms with Crippen LogP contribution in [0.1, 0.15) is 107 Å². The molecule has 0 aliphatic carbocycles. The lowest BCUT2D eigenvalue weighted by Gasteiger charge is -2.12. The molecule has 0 unspecified atom stereocenters. The van der Waals surface area contributed by atoms with E-state index >= 15 is 0 Å². The Morgan fingerprint density at radius 1 is 0.828 bits per heavy atom. The van der Waals surface area contributed by atoms with E-state index < -0.39 is 0 Å². The molecule has 4 nitrogen and oxygen atoms in total. The average molecular weight is 406 g/mol. The number of ketones is 1. The molecule has 0 spiro atoms. The van der Waals surface area contributed by atoms with Gasteiger partial charge in [0.1, 0.15) is 11.5 Å². The van der Waals surface area contributed by atoms with Crippen molar-refractivity contribution in [1.82, 2.24) is 0 Å². The highest BCUT2D eigenvalue weighted by Gasteiger charge is 2.12. The lowest BCUT2D eigenvalue weighted by Crippen LogP contribution is -2.15. The van der Waals surface area contributed by atoms with Crippen LogP contribution in [0.5, 0.6) is 11.5 Å². The summed E-state index contributed by atoms with van der Waals surface area (Å²) in [6.45, 7) is 2.88.